The number of benzene rings is 1. The minimum atomic E-state index is -4.51. The number of aromatic nitrogens is 3. The van der Waals surface area contributed by atoms with Gasteiger partial charge in [0.25, 0.3) is 0 Å². The number of esters is 3. The average Bonchev–Trinajstić information content (AvgIpc) is 3.97. The molecule has 1 aliphatic rings. The van der Waals surface area contributed by atoms with E-state index in [4.69, 9.17) is 33.7 Å². The highest BCUT2D eigenvalue weighted by Crippen LogP contribution is 2.49. The molecule has 1 aromatic carbocycles. The molecule has 0 spiro atoms. The number of nitrogens with two attached hydrogens (primary N) is 1. The monoisotopic (exact) mass is 1090 g/mol. The summed E-state index contributed by atoms with van der Waals surface area (Å²) < 4.78 is 53.2. The number of hydrogen-bond donors (Lipinski definition) is 2. The highest BCUT2D eigenvalue weighted by atomic mass is 32.2. The van der Waals surface area contributed by atoms with Crippen molar-refractivity contribution in [3.8, 4) is 11.8 Å². The maximum atomic E-state index is 14.9. The zero-order valence-electron chi connectivity index (χ0n) is 45.0. The minimum absolute atomic E-state index is 0.0478. The fourth-order valence-corrected chi connectivity index (χ4v) is 11.8. The molecule has 0 radical (unpaired) electrons. The summed E-state index contributed by atoms with van der Waals surface area (Å²) in [7, 11) is -4.51. The van der Waals surface area contributed by atoms with Gasteiger partial charge in [-0.3, -0.25) is 18.9 Å². The Labute approximate surface area is 450 Å². The van der Waals surface area contributed by atoms with Crippen LogP contribution < -0.4 is 15.3 Å². The first-order chi connectivity index (χ1) is 35.9. The third kappa shape index (κ3) is 21.3. The number of carbonyl (C=O) groups is 3. The Bertz CT molecular complexity index is 2160. The first-order valence-corrected chi connectivity index (χ1v) is 31.4. The number of para-hydroxylation sites is 1. The van der Waals surface area contributed by atoms with Crippen molar-refractivity contribution in [3.63, 3.8) is 0 Å². The number of nitrogen functional groups attached to an aromatic ring is 1. The van der Waals surface area contributed by atoms with Gasteiger partial charge in [-0.2, -0.15) is 39.0 Å². The third-order valence-electron chi connectivity index (χ3n) is 13.4. The van der Waals surface area contributed by atoms with Crippen LogP contribution in [0.5, 0.6) is 5.75 Å². The van der Waals surface area contributed by atoms with Crippen LogP contribution >= 0.6 is 31.3 Å². The predicted molar refractivity (Wildman–Crippen MR) is 296 cm³/mol. The van der Waals surface area contributed by atoms with E-state index in [1.807, 2.05) is 37.4 Å². The molecule has 1 fully saturated rings. The normalized spacial score (nSPS) is 18.7. The van der Waals surface area contributed by atoms with Gasteiger partial charge in [0.1, 0.15) is 35.8 Å². The predicted octanol–water partition coefficient (Wildman–Crippen LogP) is 12.7. The zero-order valence-corrected chi connectivity index (χ0v) is 47.5. The van der Waals surface area contributed by atoms with Crippen LogP contribution in [0.4, 0.5) is 5.82 Å². The van der Waals surface area contributed by atoms with Crippen LogP contribution in [0.1, 0.15) is 182 Å². The summed E-state index contributed by atoms with van der Waals surface area (Å²) in [6.07, 6.45) is 17.6. The van der Waals surface area contributed by atoms with Crippen LogP contribution in [0.15, 0.2) is 48.8 Å². The van der Waals surface area contributed by atoms with E-state index in [9.17, 15) is 24.2 Å². The summed E-state index contributed by atoms with van der Waals surface area (Å²) in [6, 6.07) is 12.6. The summed E-state index contributed by atoms with van der Waals surface area (Å²) in [5, 5.41) is 18.4. The van der Waals surface area contributed by atoms with Crippen molar-refractivity contribution in [2.45, 2.75) is 206 Å². The van der Waals surface area contributed by atoms with Gasteiger partial charge in [-0.1, -0.05) is 149 Å². The highest BCUT2D eigenvalue weighted by molar-refractivity contribution is 7.99. The molecule has 19 heteroatoms. The number of thioether (sulfide) groups is 2. The van der Waals surface area contributed by atoms with Crippen LogP contribution in [-0.2, 0) is 48.0 Å². The quantitative estimate of drug-likeness (QED) is 0.0234. The van der Waals surface area contributed by atoms with Crippen molar-refractivity contribution in [1.29, 1.82) is 5.26 Å². The lowest BCUT2D eigenvalue weighted by Gasteiger charge is -2.28. The Morgan fingerprint density at radius 1 is 0.797 bits per heavy atom. The molecular formula is C55H87N6O10PS2. The molecule has 414 valence electrons. The maximum absolute atomic E-state index is 14.9. The minimum Gasteiger partial charge on any atom is -0.464 e. The molecular weight excluding hydrogens is 1000 g/mol. The summed E-state index contributed by atoms with van der Waals surface area (Å²) >= 11 is 3.98. The van der Waals surface area contributed by atoms with E-state index in [1.165, 1.54) is 80.6 Å². The smallest absolute Gasteiger partial charge is 0.459 e. The third-order valence-corrected chi connectivity index (χ3v) is 17.0. The number of nitriles is 1. The molecule has 16 nitrogen and oxygen atoms in total. The van der Waals surface area contributed by atoms with Gasteiger partial charge in [-0.15, -0.1) is 0 Å². The van der Waals surface area contributed by atoms with Crippen LogP contribution in [0, 0.1) is 17.2 Å². The topological polar surface area (TPSA) is 216 Å². The van der Waals surface area contributed by atoms with Gasteiger partial charge in [-0.05, 0) is 85.8 Å². The second-order valence-electron chi connectivity index (χ2n) is 19.1. The zero-order chi connectivity index (χ0) is 53.4. The molecule has 74 heavy (non-hydrogen) atoms. The molecule has 1 unspecified atom stereocenters. The molecule has 3 N–H and O–H groups in total. The van der Waals surface area contributed by atoms with Crippen molar-refractivity contribution in [3.05, 3.63) is 54.5 Å². The Morgan fingerprint density at radius 3 is 1.88 bits per heavy atom. The van der Waals surface area contributed by atoms with Crippen LogP contribution in [0.3, 0.4) is 0 Å². The lowest BCUT2D eigenvalue weighted by molar-refractivity contribution is -0.169. The van der Waals surface area contributed by atoms with Gasteiger partial charge in [0, 0.05) is 12.8 Å². The van der Waals surface area contributed by atoms with E-state index >= 15 is 0 Å². The highest BCUT2D eigenvalue weighted by Gasteiger charge is 2.63. The number of fused-ring (bicyclic) bond motifs is 1. The van der Waals surface area contributed by atoms with Gasteiger partial charge in [0.2, 0.25) is 5.60 Å². The molecule has 0 bridgehead atoms. The van der Waals surface area contributed by atoms with Gasteiger partial charge < -0.3 is 29.2 Å². The largest absolute Gasteiger partial charge is 0.464 e. The number of rotatable bonds is 41. The van der Waals surface area contributed by atoms with Crippen molar-refractivity contribution in [1.82, 2.24) is 19.7 Å². The van der Waals surface area contributed by atoms with E-state index in [1.54, 1.807) is 42.5 Å². The molecule has 6 atom stereocenters. The fraction of sp³-hybridized carbons (Fsp3) is 0.709. The molecule has 4 rings (SSSR count). The first kappa shape index (κ1) is 62.7. The molecule has 3 aromatic rings. The van der Waals surface area contributed by atoms with E-state index in [0.29, 0.717) is 18.4 Å². The Hall–Kier alpha value is -3.85. The SMILES string of the molecule is CCSCCCCCCCCCCCC(=O)O[C@H]1[C@@H](OC(=O)CCCCCCCCCCCSCC)[C@](C#N)(c2ccc3c(N)ncnn23)O[C@@H]1COP(=O)(N[C@H](C)C(=O)OCC(CC)CC)Oc1ccccc1. The summed E-state index contributed by atoms with van der Waals surface area (Å²) in [4.78, 5) is 45.4. The maximum Gasteiger partial charge on any atom is 0.459 e. The number of unbranched alkanes of at least 4 members (excludes halogenated alkanes) is 16. The second kappa shape index (κ2) is 35.5. The van der Waals surface area contributed by atoms with E-state index in [2.05, 4.69) is 35.1 Å². The van der Waals surface area contributed by atoms with Gasteiger partial charge in [0.15, 0.2) is 18.0 Å². The van der Waals surface area contributed by atoms with Crippen molar-refractivity contribution in [2.24, 2.45) is 5.92 Å². The number of ether oxygens (including phenoxy) is 4. The number of nitrogens with one attached hydrogen (secondary N) is 1. The Morgan fingerprint density at radius 2 is 1.34 bits per heavy atom. The van der Waals surface area contributed by atoms with E-state index in [-0.39, 0.29) is 42.6 Å². The lowest BCUT2D eigenvalue weighted by atomic mass is 9.92. The Balaban J connectivity index is 1.58. The lowest BCUT2D eigenvalue weighted by Crippen LogP contribution is -2.46. The average molecular weight is 1090 g/mol. The second-order valence-corrected chi connectivity index (χ2v) is 23.6. The van der Waals surface area contributed by atoms with Gasteiger partial charge >= 0.3 is 25.7 Å². The van der Waals surface area contributed by atoms with Crippen molar-refractivity contribution >= 4 is 60.5 Å². The van der Waals surface area contributed by atoms with Crippen molar-refractivity contribution in [2.75, 3.05) is 42.0 Å². The number of nitrogens with zero attached hydrogens (tertiary/aromatic N) is 4. The summed E-state index contributed by atoms with van der Waals surface area (Å²) in [6.45, 7) is 9.47. The molecule has 3 heterocycles. The van der Waals surface area contributed by atoms with Crippen LogP contribution in [0.25, 0.3) is 5.52 Å². The van der Waals surface area contributed by atoms with E-state index < -0.39 is 62.2 Å². The molecule has 0 saturated carbocycles. The van der Waals surface area contributed by atoms with E-state index in [0.717, 1.165) is 75.7 Å². The molecule has 2 aromatic heterocycles. The number of carbonyl (C=O) groups excluding carboxylic acids is 3. The van der Waals surface area contributed by atoms with Gasteiger partial charge in [0.05, 0.1) is 18.9 Å². The molecule has 1 aliphatic heterocycles. The van der Waals surface area contributed by atoms with Crippen molar-refractivity contribution < 1.29 is 46.9 Å². The summed E-state index contributed by atoms with van der Waals surface area (Å²) in [5.74, 6) is 3.34. The molecule has 0 amide bonds. The number of anilines is 1. The summed E-state index contributed by atoms with van der Waals surface area (Å²) in [5.41, 5.74) is 4.58. The van der Waals surface area contributed by atoms with Gasteiger partial charge in [-0.25, -0.2) is 14.1 Å². The Kier molecular flexibility index (Phi) is 30.1. The molecule has 0 aliphatic carbocycles. The van der Waals surface area contributed by atoms with Crippen LogP contribution in [0.2, 0.25) is 0 Å². The molecule has 1 saturated heterocycles. The van der Waals surface area contributed by atoms with Crippen LogP contribution in [-0.4, -0.2) is 93.1 Å². The number of hydrogen-bond acceptors (Lipinski definition) is 16. The fourth-order valence-electron chi connectivity index (χ4n) is 8.95. The first-order valence-electron chi connectivity index (χ1n) is 27.6. The standard InChI is InChI=1S/C55H87N6O10PS2/c1-6-44(7-2)39-66-54(64)43(5)60-72(65,71-45-31-25-24-26-32-45)67-40-47-51(68-49(62)33-27-20-16-12-10-14-18-22-29-37-73-8-3)52(55(41-56,70-47)48-36-35-46-53(57)58-42-59-61(46)48)69-50(63)34-28-21-17-13-11-15-19-23-30-38-74-9-4/h24-26,31-32,35-36,42-44,47,51-52H,6-23,27-30,33-34,37-40H2,1-5H3,(H,60,65)(H2,57,58,59)/t43-,47-,51-,52-,55+,72?/m1/s1.